The smallest absolute Gasteiger partial charge is 0.222 e. The summed E-state index contributed by atoms with van der Waals surface area (Å²) < 4.78 is 15.5. The lowest BCUT2D eigenvalue weighted by atomic mass is 10.1. The molecule has 1 aliphatic heterocycles. The number of likely N-dealkylation sites (tertiary alicyclic amines) is 1. The van der Waals surface area contributed by atoms with Crippen molar-refractivity contribution in [3.05, 3.63) is 71.4 Å². The molecule has 196 valence electrons. The summed E-state index contributed by atoms with van der Waals surface area (Å²) in [5, 5.41) is 13.8. The van der Waals surface area contributed by atoms with Crippen LogP contribution in [0.2, 0.25) is 0 Å². The molecule has 1 fully saturated rings. The van der Waals surface area contributed by atoms with E-state index in [1.165, 1.54) is 23.5 Å². The van der Waals surface area contributed by atoms with Gasteiger partial charge >= 0.3 is 0 Å². The van der Waals surface area contributed by atoms with Crippen LogP contribution >= 0.6 is 11.3 Å². The lowest BCUT2D eigenvalue weighted by molar-refractivity contribution is 0.204. The Balaban J connectivity index is 1.34. The first-order chi connectivity index (χ1) is 18.9. The van der Waals surface area contributed by atoms with Gasteiger partial charge in [0.2, 0.25) is 5.95 Å². The summed E-state index contributed by atoms with van der Waals surface area (Å²) in [5.74, 6) is 1.16. The highest BCUT2D eigenvalue weighted by atomic mass is 32.1. The summed E-state index contributed by atoms with van der Waals surface area (Å²) in [6, 6.07) is 12.6. The molecule has 11 heteroatoms. The van der Waals surface area contributed by atoms with E-state index in [0.29, 0.717) is 33.3 Å². The molecule has 6 rings (SSSR count). The molecule has 0 atom stereocenters. The maximum absolute atomic E-state index is 13.5. The van der Waals surface area contributed by atoms with E-state index in [9.17, 15) is 9.65 Å². The summed E-state index contributed by atoms with van der Waals surface area (Å²) in [6.07, 6.45) is 6.40. The number of rotatable bonds is 7. The molecule has 0 spiro atoms. The van der Waals surface area contributed by atoms with Crippen LogP contribution in [0.4, 0.5) is 21.3 Å². The maximum Gasteiger partial charge on any atom is 0.222 e. The highest BCUT2D eigenvalue weighted by Crippen LogP contribution is 2.37. The van der Waals surface area contributed by atoms with Gasteiger partial charge in [-0.1, -0.05) is 18.3 Å². The number of nitrogens with one attached hydrogen (secondary N) is 1. The van der Waals surface area contributed by atoms with Crippen molar-refractivity contribution in [3.8, 4) is 28.5 Å². The largest absolute Gasteiger partial charge is 0.349 e. The quantitative estimate of drug-likeness (QED) is 0.309. The number of hydrogen-bond donors (Lipinski definition) is 1. The summed E-state index contributed by atoms with van der Waals surface area (Å²) in [6.45, 7) is 4.03. The monoisotopic (exact) mass is 539 g/mol. The van der Waals surface area contributed by atoms with Gasteiger partial charge < -0.3 is 15.1 Å². The van der Waals surface area contributed by atoms with Crippen molar-refractivity contribution in [2.75, 3.05) is 37.4 Å². The van der Waals surface area contributed by atoms with E-state index in [4.69, 9.17) is 9.97 Å². The predicted molar refractivity (Wildman–Crippen MR) is 151 cm³/mol. The van der Waals surface area contributed by atoms with Crippen molar-refractivity contribution < 1.29 is 4.39 Å². The average Bonchev–Trinajstić information content (AvgIpc) is 3.54. The highest BCUT2D eigenvalue weighted by Gasteiger charge is 2.24. The Bertz CT molecular complexity index is 1680. The highest BCUT2D eigenvalue weighted by molar-refractivity contribution is 7.16. The molecule has 5 aromatic rings. The van der Waals surface area contributed by atoms with E-state index in [2.05, 4.69) is 40.2 Å². The van der Waals surface area contributed by atoms with Gasteiger partial charge in [0.15, 0.2) is 5.13 Å². The molecule has 5 heterocycles. The van der Waals surface area contributed by atoms with Gasteiger partial charge in [-0.2, -0.15) is 5.26 Å². The number of fused-ring (bicyclic) bond motifs is 1. The molecule has 1 N–H and O–H groups in total. The zero-order chi connectivity index (χ0) is 27.1. The first-order valence-corrected chi connectivity index (χ1v) is 13.4. The van der Waals surface area contributed by atoms with Crippen LogP contribution in [0.15, 0.2) is 55.0 Å². The number of thiazole rings is 1. The topological polar surface area (TPSA) is 98.3 Å². The molecular weight excluding hydrogens is 513 g/mol. The normalized spacial score (nSPS) is 13.8. The summed E-state index contributed by atoms with van der Waals surface area (Å²) in [5.41, 5.74) is 4.80. The fourth-order valence-corrected chi connectivity index (χ4v) is 5.64. The maximum atomic E-state index is 13.5. The van der Waals surface area contributed by atoms with Gasteiger partial charge in [-0.25, -0.2) is 24.3 Å². The van der Waals surface area contributed by atoms with Gasteiger partial charge in [0.05, 0.1) is 11.7 Å². The number of imidazole rings is 1. The number of likely N-dealkylation sites (N-methyl/N-ethyl adjacent to an activating group) is 1. The minimum Gasteiger partial charge on any atom is -0.349 e. The fourth-order valence-electron chi connectivity index (χ4n) is 4.79. The second-order valence-electron chi connectivity index (χ2n) is 9.59. The molecule has 9 nitrogen and oxygen atoms in total. The minimum absolute atomic E-state index is 0.332. The number of halogens is 1. The zero-order valence-corrected chi connectivity index (χ0v) is 22.6. The van der Waals surface area contributed by atoms with Crippen LogP contribution < -0.4 is 10.2 Å². The van der Waals surface area contributed by atoms with Gasteiger partial charge in [0.25, 0.3) is 0 Å². The van der Waals surface area contributed by atoms with Crippen LogP contribution in [0.1, 0.15) is 17.5 Å². The molecule has 0 radical (unpaired) electrons. The number of pyridine rings is 1. The fraction of sp³-hybridized carbons (Fsp3) is 0.250. The lowest BCUT2D eigenvalue weighted by Gasteiger charge is -2.36. The van der Waals surface area contributed by atoms with E-state index >= 15 is 0 Å². The Morgan fingerprint density at radius 3 is 2.46 bits per heavy atom. The van der Waals surface area contributed by atoms with Crippen LogP contribution in [-0.4, -0.2) is 62.5 Å². The first kappa shape index (κ1) is 24.9. The van der Waals surface area contributed by atoms with E-state index in [0.717, 1.165) is 47.8 Å². The number of nitrogens with zero attached hydrogens (tertiary/aromatic N) is 8. The molecule has 1 aliphatic rings. The van der Waals surface area contributed by atoms with Gasteiger partial charge in [0.1, 0.15) is 33.9 Å². The van der Waals surface area contributed by atoms with E-state index in [1.807, 2.05) is 47.1 Å². The second-order valence-corrected chi connectivity index (χ2v) is 10.6. The lowest BCUT2D eigenvalue weighted by Crippen LogP contribution is -2.52. The molecule has 0 bridgehead atoms. The van der Waals surface area contributed by atoms with Crippen LogP contribution in [0.3, 0.4) is 0 Å². The van der Waals surface area contributed by atoms with Crippen molar-refractivity contribution in [3.63, 3.8) is 0 Å². The van der Waals surface area contributed by atoms with Crippen molar-refractivity contribution in [2.45, 2.75) is 19.4 Å². The van der Waals surface area contributed by atoms with Gasteiger partial charge in [-0.05, 0) is 49.9 Å². The van der Waals surface area contributed by atoms with E-state index < -0.39 is 0 Å². The van der Waals surface area contributed by atoms with Gasteiger partial charge in [0, 0.05) is 55.4 Å². The Morgan fingerprint density at radius 2 is 1.79 bits per heavy atom. The van der Waals surface area contributed by atoms with Crippen LogP contribution in [0, 0.1) is 17.1 Å². The summed E-state index contributed by atoms with van der Waals surface area (Å²) >= 11 is 1.30. The SMILES string of the molecule is CCc1nc2ccc(-c3cnc(NC4CN(C)C4)nc3)cn2c1N(C)c1nc(-c2ccc(F)cc2)c(C#N)s1. The van der Waals surface area contributed by atoms with Crippen LogP contribution in [0.5, 0.6) is 0 Å². The van der Waals surface area contributed by atoms with Crippen molar-refractivity contribution in [2.24, 2.45) is 0 Å². The molecule has 1 aromatic carbocycles. The third-order valence-corrected chi connectivity index (χ3v) is 7.86. The predicted octanol–water partition coefficient (Wildman–Crippen LogP) is 4.98. The third-order valence-electron chi connectivity index (χ3n) is 6.82. The number of anilines is 3. The molecule has 39 heavy (non-hydrogen) atoms. The number of nitriles is 1. The number of benzene rings is 1. The average molecular weight is 540 g/mol. The molecule has 0 saturated carbocycles. The number of aryl methyl sites for hydroxylation is 1. The van der Waals surface area contributed by atoms with Gasteiger partial charge in [-0.3, -0.25) is 4.40 Å². The van der Waals surface area contributed by atoms with E-state index in [1.54, 1.807) is 12.1 Å². The Labute approximate surface area is 229 Å². The molecule has 0 unspecified atom stereocenters. The number of aromatic nitrogens is 5. The Morgan fingerprint density at radius 1 is 1.08 bits per heavy atom. The summed E-state index contributed by atoms with van der Waals surface area (Å²) in [7, 11) is 4.01. The van der Waals surface area contributed by atoms with Crippen molar-refractivity contribution >= 4 is 33.9 Å². The first-order valence-electron chi connectivity index (χ1n) is 12.6. The summed E-state index contributed by atoms with van der Waals surface area (Å²) in [4.78, 5) is 23.3. The van der Waals surface area contributed by atoms with E-state index in [-0.39, 0.29) is 5.82 Å². The van der Waals surface area contributed by atoms with Gasteiger partial charge in [-0.15, -0.1) is 0 Å². The molecular formula is C28H26FN9S. The second kappa shape index (κ2) is 10.1. The molecule has 0 amide bonds. The molecule has 1 saturated heterocycles. The van der Waals surface area contributed by atoms with Crippen molar-refractivity contribution in [1.29, 1.82) is 5.26 Å². The Kier molecular flexibility index (Phi) is 6.42. The Hall–Kier alpha value is -4.40. The molecule has 4 aromatic heterocycles. The van der Waals surface area contributed by atoms with Crippen molar-refractivity contribution in [1.82, 2.24) is 29.2 Å². The van der Waals surface area contributed by atoms with Crippen LogP contribution in [0.25, 0.3) is 28.0 Å². The molecule has 0 aliphatic carbocycles. The third kappa shape index (κ3) is 4.69. The standard InChI is InChI=1S/C28H26FN9S/c1-4-22-26(37(3)28-35-25(23(11-30)39-28)17-5-8-20(29)9-6-17)38-14-18(7-10-24(38)34-22)19-12-31-27(32-13-19)33-21-15-36(2)16-21/h5-10,12-14,21H,4,15-16H2,1-3H3,(H,31,32,33). The minimum atomic E-state index is -0.332. The van der Waals surface area contributed by atoms with Crippen LogP contribution in [-0.2, 0) is 6.42 Å². The number of hydrogen-bond acceptors (Lipinski definition) is 9. The zero-order valence-electron chi connectivity index (χ0n) is 21.8.